The first-order valence-corrected chi connectivity index (χ1v) is 9.73. The van der Waals surface area contributed by atoms with Crippen molar-refractivity contribution < 1.29 is 19.1 Å². The second kappa shape index (κ2) is 9.09. The molecule has 4 aromatic rings. The lowest BCUT2D eigenvalue weighted by atomic mass is 10.1. The van der Waals surface area contributed by atoms with Gasteiger partial charge in [0.2, 0.25) is 0 Å². The van der Waals surface area contributed by atoms with E-state index in [1.807, 2.05) is 6.07 Å². The van der Waals surface area contributed by atoms with E-state index in [4.69, 9.17) is 0 Å². The molecule has 0 aliphatic heterocycles. The van der Waals surface area contributed by atoms with Gasteiger partial charge in [0.05, 0.1) is 5.56 Å². The van der Waals surface area contributed by atoms with Gasteiger partial charge in [-0.1, -0.05) is 48.5 Å². The molecule has 1 aromatic heterocycles. The SMILES string of the molecule is O=C(N=Cc1c(O)[nH]c2ccc(F)cc12)C(=Cc1ccccc1)NC(=O)c1ccccc1. The summed E-state index contributed by atoms with van der Waals surface area (Å²) >= 11 is 0. The summed E-state index contributed by atoms with van der Waals surface area (Å²) in [5.41, 5.74) is 1.69. The third-order valence-electron chi connectivity index (χ3n) is 4.72. The molecule has 0 saturated carbocycles. The fourth-order valence-corrected chi connectivity index (χ4v) is 3.15. The number of carbonyl (C=O) groups is 2. The molecule has 2 amide bonds. The zero-order valence-electron chi connectivity index (χ0n) is 16.7. The van der Waals surface area contributed by atoms with Crippen LogP contribution in [0.15, 0.2) is 89.6 Å². The molecule has 0 unspecified atom stereocenters. The maximum atomic E-state index is 13.6. The van der Waals surface area contributed by atoms with Gasteiger partial charge in [0, 0.05) is 22.7 Å². The van der Waals surface area contributed by atoms with Gasteiger partial charge < -0.3 is 15.4 Å². The molecule has 3 aromatic carbocycles. The van der Waals surface area contributed by atoms with Crippen LogP contribution in [0.4, 0.5) is 4.39 Å². The zero-order chi connectivity index (χ0) is 22.5. The smallest absolute Gasteiger partial charge is 0.293 e. The highest BCUT2D eigenvalue weighted by atomic mass is 19.1. The van der Waals surface area contributed by atoms with Crippen LogP contribution in [0.1, 0.15) is 21.5 Å². The summed E-state index contributed by atoms with van der Waals surface area (Å²) in [5, 5.41) is 13.1. The average molecular weight is 427 g/mol. The summed E-state index contributed by atoms with van der Waals surface area (Å²) in [4.78, 5) is 32.1. The minimum atomic E-state index is -0.733. The molecule has 0 atom stereocenters. The fraction of sp³-hybridized carbons (Fsp3) is 0. The summed E-state index contributed by atoms with van der Waals surface area (Å²) in [6, 6.07) is 21.4. The maximum Gasteiger partial charge on any atom is 0.293 e. The molecule has 4 rings (SSSR count). The molecule has 0 bridgehead atoms. The van der Waals surface area contributed by atoms with E-state index in [0.29, 0.717) is 22.0 Å². The van der Waals surface area contributed by atoms with Gasteiger partial charge in [0.1, 0.15) is 11.5 Å². The molecular formula is C25H18FN3O3. The van der Waals surface area contributed by atoms with E-state index in [-0.39, 0.29) is 17.1 Å². The number of hydrogen-bond acceptors (Lipinski definition) is 3. The van der Waals surface area contributed by atoms with Crippen LogP contribution in [0.2, 0.25) is 0 Å². The Hall–Kier alpha value is -4.52. The van der Waals surface area contributed by atoms with Gasteiger partial charge in [-0.2, -0.15) is 0 Å². The van der Waals surface area contributed by atoms with Crippen molar-refractivity contribution in [2.75, 3.05) is 0 Å². The number of aliphatic imine (C=N–C) groups is 1. The number of aromatic amines is 1. The summed E-state index contributed by atoms with van der Waals surface area (Å²) in [6.45, 7) is 0. The summed E-state index contributed by atoms with van der Waals surface area (Å²) in [5.74, 6) is -1.93. The lowest BCUT2D eigenvalue weighted by molar-refractivity contribution is -0.114. The maximum absolute atomic E-state index is 13.6. The van der Waals surface area contributed by atoms with E-state index in [0.717, 1.165) is 6.21 Å². The van der Waals surface area contributed by atoms with Gasteiger partial charge in [-0.3, -0.25) is 9.59 Å². The summed E-state index contributed by atoms with van der Waals surface area (Å²) in [6.07, 6.45) is 2.65. The standard InChI is InChI=1S/C25H18FN3O3/c26-18-11-12-21-19(14-18)20(24(31)28-21)15-27-25(32)22(13-16-7-3-1-4-8-16)29-23(30)17-9-5-2-6-10-17/h1-15,28,31H,(H,29,30). The molecule has 3 N–H and O–H groups in total. The highest BCUT2D eigenvalue weighted by molar-refractivity contribution is 6.11. The minimum Gasteiger partial charge on any atom is -0.494 e. The second-order valence-electron chi connectivity index (χ2n) is 6.93. The number of aromatic hydroxyl groups is 1. The number of fused-ring (bicyclic) bond motifs is 1. The summed E-state index contributed by atoms with van der Waals surface area (Å²) < 4.78 is 13.6. The van der Waals surface area contributed by atoms with Crippen molar-refractivity contribution in [3.8, 4) is 5.88 Å². The van der Waals surface area contributed by atoms with Crippen molar-refractivity contribution in [2.45, 2.75) is 0 Å². The zero-order valence-corrected chi connectivity index (χ0v) is 16.7. The van der Waals surface area contributed by atoms with Crippen LogP contribution < -0.4 is 5.32 Å². The van der Waals surface area contributed by atoms with Crippen LogP contribution in [0.3, 0.4) is 0 Å². The van der Waals surface area contributed by atoms with Crippen LogP contribution in [0, 0.1) is 5.82 Å². The van der Waals surface area contributed by atoms with Crippen LogP contribution in [-0.2, 0) is 4.79 Å². The molecule has 158 valence electrons. The van der Waals surface area contributed by atoms with Crippen LogP contribution >= 0.6 is 0 Å². The second-order valence-corrected chi connectivity index (χ2v) is 6.93. The van der Waals surface area contributed by atoms with Crippen molar-refractivity contribution >= 4 is 35.0 Å². The van der Waals surface area contributed by atoms with E-state index < -0.39 is 17.6 Å². The van der Waals surface area contributed by atoms with Crippen molar-refractivity contribution in [1.82, 2.24) is 10.3 Å². The highest BCUT2D eigenvalue weighted by Gasteiger charge is 2.15. The molecule has 7 heteroatoms. The predicted octanol–water partition coefficient (Wildman–Crippen LogP) is 4.43. The normalized spacial score (nSPS) is 11.7. The molecule has 6 nitrogen and oxygen atoms in total. The molecular weight excluding hydrogens is 409 g/mol. The Kier molecular flexibility index (Phi) is 5.89. The Morgan fingerprint density at radius 1 is 0.969 bits per heavy atom. The number of nitrogens with zero attached hydrogens (tertiary/aromatic N) is 1. The highest BCUT2D eigenvalue weighted by Crippen LogP contribution is 2.26. The topological polar surface area (TPSA) is 94.5 Å². The van der Waals surface area contributed by atoms with Crippen LogP contribution in [0.25, 0.3) is 17.0 Å². The first-order valence-electron chi connectivity index (χ1n) is 9.73. The molecule has 0 saturated heterocycles. The Labute approximate surface area is 182 Å². The average Bonchev–Trinajstić information content (AvgIpc) is 3.12. The fourth-order valence-electron chi connectivity index (χ4n) is 3.15. The number of benzene rings is 3. The van der Waals surface area contributed by atoms with Crippen LogP contribution in [-0.4, -0.2) is 28.1 Å². The third-order valence-corrected chi connectivity index (χ3v) is 4.72. The van der Waals surface area contributed by atoms with E-state index in [1.54, 1.807) is 54.6 Å². The van der Waals surface area contributed by atoms with Gasteiger partial charge in [0.25, 0.3) is 11.8 Å². The first kappa shape index (κ1) is 20.7. The number of nitrogens with one attached hydrogen (secondary N) is 2. The molecule has 0 spiro atoms. The van der Waals surface area contributed by atoms with Crippen molar-refractivity contribution in [3.05, 3.63) is 107 Å². The molecule has 0 radical (unpaired) electrons. The van der Waals surface area contributed by atoms with Gasteiger partial charge in [-0.15, -0.1) is 0 Å². The van der Waals surface area contributed by atoms with Gasteiger partial charge in [0.15, 0.2) is 5.88 Å². The number of carbonyl (C=O) groups excluding carboxylic acids is 2. The third kappa shape index (κ3) is 4.62. The molecule has 0 aliphatic rings. The molecule has 0 fully saturated rings. The summed E-state index contributed by atoms with van der Waals surface area (Å²) in [7, 11) is 0. The Morgan fingerprint density at radius 3 is 2.38 bits per heavy atom. The number of hydrogen-bond donors (Lipinski definition) is 3. The van der Waals surface area contributed by atoms with Crippen molar-refractivity contribution in [3.63, 3.8) is 0 Å². The van der Waals surface area contributed by atoms with Gasteiger partial charge in [-0.05, 0) is 42.0 Å². The Bertz CT molecular complexity index is 1340. The number of H-pyrrole nitrogens is 1. The Balaban J connectivity index is 1.66. The van der Waals surface area contributed by atoms with Gasteiger partial charge >= 0.3 is 0 Å². The Morgan fingerprint density at radius 2 is 1.66 bits per heavy atom. The molecule has 32 heavy (non-hydrogen) atoms. The predicted molar refractivity (Wildman–Crippen MR) is 121 cm³/mol. The van der Waals surface area contributed by atoms with Crippen LogP contribution in [0.5, 0.6) is 5.88 Å². The van der Waals surface area contributed by atoms with E-state index in [1.165, 1.54) is 24.3 Å². The molecule has 1 heterocycles. The lowest BCUT2D eigenvalue weighted by Gasteiger charge is -2.07. The number of halogens is 1. The number of aromatic nitrogens is 1. The minimum absolute atomic E-state index is 0.0492. The monoisotopic (exact) mass is 427 g/mol. The van der Waals surface area contributed by atoms with Gasteiger partial charge in [-0.25, -0.2) is 9.38 Å². The van der Waals surface area contributed by atoms with E-state index >= 15 is 0 Å². The molecule has 0 aliphatic carbocycles. The lowest BCUT2D eigenvalue weighted by Crippen LogP contribution is -2.26. The van der Waals surface area contributed by atoms with Crippen molar-refractivity contribution in [1.29, 1.82) is 0 Å². The van der Waals surface area contributed by atoms with Crippen molar-refractivity contribution in [2.24, 2.45) is 4.99 Å². The van der Waals surface area contributed by atoms with E-state index in [9.17, 15) is 19.1 Å². The quantitative estimate of drug-likeness (QED) is 0.325. The first-order chi connectivity index (χ1) is 15.5. The number of rotatable bonds is 5. The van der Waals surface area contributed by atoms with E-state index in [2.05, 4.69) is 15.3 Å². The largest absolute Gasteiger partial charge is 0.494 e. The number of amides is 2.